The number of aryl methyl sites for hydroxylation is 1. The minimum absolute atomic E-state index is 0.0557. The van der Waals surface area contributed by atoms with Gasteiger partial charge in [-0.15, -0.1) is 0 Å². The molecule has 1 aliphatic carbocycles. The fraction of sp³-hybridized carbons (Fsp3) is 0.500. The van der Waals surface area contributed by atoms with Gasteiger partial charge in [-0.2, -0.15) is 28.5 Å². The number of aromatic nitrogens is 4. The van der Waals surface area contributed by atoms with Crippen LogP contribution < -0.4 is 10.6 Å². The third-order valence-electron chi connectivity index (χ3n) is 4.27. The third kappa shape index (κ3) is 3.56. The Morgan fingerprint density at radius 2 is 2.12 bits per heavy atom. The normalized spacial score (nSPS) is 19.5. The van der Waals surface area contributed by atoms with Crippen LogP contribution in [0.1, 0.15) is 37.1 Å². The van der Waals surface area contributed by atoms with E-state index >= 15 is 0 Å². The molecule has 1 saturated carbocycles. The Bertz CT molecular complexity index is 831. The van der Waals surface area contributed by atoms with E-state index in [0.29, 0.717) is 17.9 Å². The molecule has 2 N–H and O–H groups in total. The van der Waals surface area contributed by atoms with Gasteiger partial charge in [0.05, 0.1) is 29.4 Å². The highest BCUT2D eigenvalue weighted by atomic mass is 19.4. The molecule has 2 aromatic rings. The Kier molecular flexibility index (Phi) is 4.71. The predicted molar refractivity (Wildman–Crippen MR) is 88.8 cm³/mol. The number of nitrogens with zero attached hydrogens (tertiary/aromatic N) is 5. The van der Waals surface area contributed by atoms with Crippen LogP contribution in [0.15, 0.2) is 12.4 Å². The number of hydrogen-bond acceptors (Lipinski definition) is 6. The van der Waals surface area contributed by atoms with Crippen molar-refractivity contribution in [2.75, 3.05) is 17.2 Å². The average Bonchev–Trinajstić information content (AvgIpc) is 2.86. The van der Waals surface area contributed by atoms with Gasteiger partial charge in [-0.3, -0.25) is 4.68 Å². The van der Waals surface area contributed by atoms with Gasteiger partial charge in [0.1, 0.15) is 11.4 Å². The first-order valence-electron chi connectivity index (χ1n) is 8.22. The Morgan fingerprint density at radius 3 is 2.73 bits per heavy atom. The molecule has 0 saturated heterocycles. The van der Waals surface area contributed by atoms with E-state index in [2.05, 4.69) is 31.8 Å². The van der Waals surface area contributed by atoms with Crippen molar-refractivity contribution in [3.8, 4) is 6.07 Å². The van der Waals surface area contributed by atoms with E-state index in [0.717, 1.165) is 19.0 Å². The number of halogens is 3. The molecule has 10 heteroatoms. The summed E-state index contributed by atoms with van der Waals surface area (Å²) in [5, 5.41) is 18.8. The lowest BCUT2D eigenvalue weighted by Gasteiger charge is -2.30. The van der Waals surface area contributed by atoms with Gasteiger partial charge < -0.3 is 10.6 Å². The SMILES string of the molecule is CCNc1nc(Nc2cn([C@H]3C[C@H](C#N)C3)nc2C)ncc1C(F)(F)F. The van der Waals surface area contributed by atoms with Crippen molar-refractivity contribution in [1.29, 1.82) is 5.26 Å². The molecule has 138 valence electrons. The topological polar surface area (TPSA) is 91.5 Å². The molecule has 26 heavy (non-hydrogen) atoms. The molecule has 2 aromatic heterocycles. The molecule has 0 aromatic carbocycles. The summed E-state index contributed by atoms with van der Waals surface area (Å²) in [4.78, 5) is 7.72. The van der Waals surface area contributed by atoms with Crippen LogP contribution >= 0.6 is 0 Å². The molecule has 0 bridgehead atoms. The summed E-state index contributed by atoms with van der Waals surface area (Å²) < 4.78 is 40.8. The van der Waals surface area contributed by atoms with Crippen LogP contribution in [0.25, 0.3) is 0 Å². The maximum atomic E-state index is 13.0. The lowest BCUT2D eigenvalue weighted by atomic mass is 9.81. The van der Waals surface area contributed by atoms with Gasteiger partial charge in [-0.05, 0) is 26.7 Å². The van der Waals surface area contributed by atoms with Gasteiger partial charge >= 0.3 is 6.18 Å². The van der Waals surface area contributed by atoms with Crippen molar-refractivity contribution in [2.45, 2.75) is 38.9 Å². The van der Waals surface area contributed by atoms with Crippen LogP contribution in [0, 0.1) is 24.2 Å². The zero-order valence-corrected chi connectivity index (χ0v) is 14.3. The number of rotatable bonds is 5. The fourth-order valence-corrected chi connectivity index (χ4v) is 2.77. The summed E-state index contributed by atoms with van der Waals surface area (Å²) in [6.07, 6.45) is -0.507. The molecule has 0 radical (unpaired) electrons. The van der Waals surface area contributed by atoms with E-state index in [-0.39, 0.29) is 23.7 Å². The van der Waals surface area contributed by atoms with Crippen LogP contribution in [0.4, 0.5) is 30.6 Å². The molecular weight excluding hydrogens is 347 g/mol. The van der Waals surface area contributed by atoms with Crippen molar-refractivity contribution in [3.05, 3.63) is 23.7 Å². The molecular formula is C16H18F3N7. The highest BCUT2D eigenvalue weighted by Gasteiger charge is 2.35. The fourth-order valence-electron chi connectivity index (χ4n) is 2.77. The first-order chi connectivity index (χ1) is 12.3. The molecule has 0 amide bonds. The summed E-state index contributed by atoms with van der Waals surface area (Å²) in [5.74, 6) is -0.152. The van der Waals surface area contributed by atoms with Crippen LogP contribution in [0.2, 0.25) is 0 Å². The van der Waals surface area contributed by atoms with Crippen molar-refractivity contribution in [3.63, 3.8) is 0 Å². The first-order valence-corrected chi connectivity index (χ1v) is 8.22. The zero-order valence-electron chi connectivity index (χ0n) is 14.3. The number of anilines is 3. The molecule has 0 unspecified atom stereocenters. The van der Waals surface area contributed by atoms with Gasteiger partial charge in [0.15, 0.2) is 0 Å². The number of hydrogen-bond donors (Lipinski definition) is 2. The largest absolute Gasteiger partial charge is 0.421 e. The lowest BCUT2D eigenvalue weighted by molar-refractivity contribution is -0.137. The Balaban J connectivity index is 1.80. The van der Waals surface area contributed by atoms with Crippen LogP contribution in [0.5, 0.6) is 0 Å². The van der Waals surface area contributed by atoms with Crippen molar-refractivity contribution in [2.24, 2.45) is 5.92 Å². The standard InChI is InChI=1S/C16H18F3N7/c1-3-21-14-12(16(17,18)19)7-22-15(24-14)23-13-8-26(25-9(13)2)11-4-10(5-11)6-20/h7-8,10-11H,3-5H2,1-2H3,(H2,21,22,23,24)/t10-,11-. The van der Waals surface area contributed by atoms with E-state index in [1.165, 1.54) is 0 Å². The average molecular weight is 365 g/mol. The molecule has 7 nitrogen and oxygen atoms in total. The Hall–Kier alpha value is -2.83. The Morgan fingerprint density at radius 1 is 1.38 bits per heavy atom. The molecule has 0 spiro atoms. The van der Waals surface area contributed by atoms with Gasteiger partial charge in [0.2, 0.25) is 5.95 Å². The molecule has 3 rings (SSSR count). The minimum Gasteiger partial charge on any atom is -0.370 e. The van der Waals surface area contributed by atoms with Crippen molar-refractivity contribution < 1.29 is 13.2 Å². The highest BCUT2D eigenvalue weighted by Crippen LogP contribution is 2.38. The third-order valence-corrected chi connectivity index (χ3v) is 4.27. The van der Waals surface area contributed by atoms with E-state index < -0.39 is 11.7 Å². The van der Waals surface area contributed by atoms with E-state index in [9.17, 15) is 13.2 Å². The first kappa shape index (κ1) is 18.0. The van der Waals surface area contributed by atoms with Crippen molar-refractivity contribution in [1.82, 2.24) is 19.7 Å². The van der Waals surface area contributed by atoms with Crippen molar-refractivity contribution >= 4 is 17.5 Å². The summed E-state index contributed by atoms with van der Waals surface area (Å²) >= 11 is 0. The van der Waals surface area contributed by atoms with E-state index in [1.807, 2.05) is 0 Å². The summed E-state index contributed by atoms with van der Waals surface area (Å²) in [6, 6.07) is 2.39. The van der Waals surface area contributed by atoms with Gasteiger partial charge in [-0.25, -0.2) is 4.98 Å². The molecule has 1 fully saturated rings. The second kappa shape index (κ2) is 6.82. The van der Waals surface area contributed by atoms with Gasteiger partial charge in [0, 0.05) is 18.9 Å². The second-order valence-corrected chi connectivity index (χ2v) is 6.17. The second-order valence-electron chi connectivity index (χ2n) is 6.17. The van der Waals surface area contributed by atoms with E-state index in [1.54, 1.807) is 24.7 Å². The monoisotopic (exact) mass is 365 g/mol. The quantitative estimate of drug-likeness (QED) is 0.840. The zero-order chi connectivity index (χ0) is 18.9. The molecule has 0 aliphatic heterocycles. The minimum atomic E-state index is -4.53. The molecule has 2 heterocycles. The van der Waals surface area contributed by atoms with Crippen LogP contribution in [0.3, 0.4) is 0 Å². The molecule has 0 atom stereocenters. The van der Waals surface area contributed by atoms with E-state index in [4.69, 9.17) is 5.26 Å². The summed E-state index contributed by atoms with van der Waals surface area (Å²) in [6.45, 7) is 3.78. The Labute approximate surface area is 148 Å². The van der Waals surface area contributed by atoms with Gasteiger partial charge in [-0.1, -0.05) is 0 Å². The highest BCUT2D eigenvalue weighted by molar-refractivity contribution is 5.58. The number of alkyl halides is 3. The smallest absolute Gasteiger partial charge is 0.370 e. The number of nitriles is 1. The summed E-state index contributed by atoms with van der Waals surface area (Å²) in [5.41, 5.74) is 0.390. The lowest BCUT2D eigenvalue weighted by Crippen LogP contribution is -2.26. The molecule has 1 aliphatic rings. The van der Waals surface area contributed by atoms with Crippen LogP contribution in [-0.4, -0.2) is 26.3 Å². The maximum absolute atomic E-state index is 13.0. The predicted octanol–water partition coefficient (Wildman–Crippen LogP) is 3.65. The van der Waals surface area contributed by atoms with Gasteiger partial charge in [0.25, 0.3) is 0 Å². The maximum Gasteiger partial charge on any atom is 0.421 e. The summed E-state index contributed by atoms with van der Waals surface area (Å²) in [7, 11) is 0. The van der Waals surface area contributed by atoms with Crippen LogP contribution in [-0.2, 0) is 6.18 Å². The number of nitrogens with one attached hydrogen (secondary N) is 2.